The van der Waals surface area contributed by atoms with Gasteiger partial charge in [0, 0.05) is 37.4 Å². The fourth-order valence-electron chi connectivity index (χ4n) is 4.83. The van der Waals surface area contributed by atoms with E-state index in [4.69, 9.17) is 0 Å². The van der Waals surface area contributed by atoms with E-state index in [2.05, 4.69) is 19.8 Å². The van der Waals surface area contributed by atoms with Gasteiger partial charge in [-0.3, -0.25) is 9.62 Å². The van der Waals surface area contributed by atoms with Crippen LogP contribution in [0.2, 0.25) is 0 Å². The second kappa shape index (κ2) is 10.8. The van der Waals surface area contributed by atoms with Crippen molar-refractivity contribution in [2.45, 2.75) is 44.7 Å². The summed E-state index contributed by atoms with van der Waals surface area (Å²) in [6.07, 6.45) is 4.51. The summed E-state index contributed by atoms with van der Waals surface area (Å²) in [7, 11) is -3.28. The highest BCUT2D eigenvalue weighted by molar-refractivity contribution is 7.92. The standard InChI is InChI=1S/C25H35FN4O2S/c1-2-33(31,32)28-23-6-5-7-24(18-23)29-16-12-22(13-17-29)27-19-25(30-14-3-4-15-30)20-8-10-21(26)11-9-20/h5-11,18,22,25,27-28H,2-4,12-17,19H2,1H3. The van der Waals surface area contributed by atoms with E-state index in [0.717, 1.165) is 51.3 Å². The smallest absolute Gasteiger partial charge is 0.232 e. The maximum absolute atomic E-state index is 13.4. The van der Waals surface area contributed by atoms with Crippen LogP contribution in [0.1, 0.15) is 44.2 Å². The molecular weight excluding hydrogens is 439 g/mol. The molecule has 2 aliphatic rings. The first-order chi connectivity index (χ1) is 15.9. The molecular formula is C25H35FN4O2S. The largest absolute Gasteiger partial charge is 0.371 e. The number of nitrogens with one attached hydrogen (secondary N) is 2. The van der Waals surface area contributed by atoms with Crippen molar-refractivity contribution in [1.82, 2.24) is 10.2 Å². The van der Waals surface area contributed by atoms with Crippen LogP contribution in [0.25, 0.3) is 0 Å². The molecule has 2 heterocycles. The van der Waals surface area contributed by atoms with Crippen molar-refractivity contribution in [3.63, 3.8) is 0 Å². The van der Waals surface area contributed by atoms with Gasteiger partial charge in [-0.05, 0) is 81.6 Å². The normalized spacial score (nSPS) is 19.0. The van der Waals surface area contributed by atoms with Gasteiger partial charge in [-0.15, -0.1) is 0 Å². The minimum Gasteiger partial charge on any atom is -0.371 e. The lowest BCUT2D eigenvalue weighted by molar-refractivity contribution is 0.228. The topological polar surface area (TPSA) is 64.7 Å². The van der Waals surface area contributed by atoms with Crippen LogP contribution in [-0.2, 0) is 10.0 Å². The number of nitrogens with zero attached hydrogens (tertiary/aromatic N) is 2. The first-order valence-corrected chi connectivity index (χ1v) is 13.7. The predicted molar refractivity (Wildman–Crippen MR) is 133 cm³/mol. The van der Waals surface area contributed by atoms with E-state index in [1.165, 1.54) is 18.4 Å². The van der Waals surface area contributed by atoms with Gasteiger partial charge < -0.3 is 10.2 Å². The van der Waals surface area contributed by atoms with Gasteiger partial charge in [-0.25, -0.2) is 12.8 Å². The molecule has 0 aromatic heterocycles. The lowest BCUT2D eigenvalue weighted by Crippen LogP contribution is -2.45. The van der Waals surface area contributed by atoms with E-state index in [1.54, 1.807) is 25.1 Å². The number of hydrogen-bond donors (Lipinski definition) is 2. The molecule has 0 amide bonds. The SMILES string of the molecule is CCS(=O)(=O)Nc1cccc(N2CCC(NCC(c3ccc(F)cc3)N3CCCC3)CC2)c1. The lowest BCUT2D eigenvalue weighted by atomic mass is 10.0. The van der Waals surface area contributed by atoms with Crippen molar-refractivity contribution in [2.24, 2.45) is 0 Å². The summed E-state index contributed by atoms with van der Waals surface area (Å²) >= 11 is 0. The third-order valence-electron chi connectivity index (χ3n) is 6.80. The van der Waals surface area contributed by atoms with Crippen molar-refractivity contribution < 1.29 is 12.8 Å². The average Bonchev–Trinajstić information content (AvgIpc) is 3.35. The molecule has 1 unspecified atom stereocenters. The fraction of sp³-hybridized carbons (Fsp3) is 0.520. The fourth-order valence-corrected chi connectivity index (χ4v) is 5.46. The average molecular weight is 475 g/mol. The molecule has 2 aliphatic heterocycles. The highest BCUT2D eigenvalue weighted by Crippen LogP contribution is 2.27. The Morgan fingerprint density at radius 1 is 1.03 bits per heavy atom. The molecule has 2 fully saturated rings. The molecule has 180 valence electrons. The number of halogens is 1. The predicted octanol–water partition coefficient (Wildman–Crippen LogP) is 3.98. The quantitative estimate of drug-likeness (QED) is 0.576. The Balaban J connectivity index is 1.33. The zero-order valence-electron chi connectivity index (χ0n) is 19.3. The second-order valence-electron chi connectivity index (χ2n) is 9.04. The van der Waals surface area contributed by atoms with E-state index >= 15 is 0 Å². The Bertz CT molecular complexity index is 1000. The van der Waals surface area contributed by atoms with E-state index in [9.17, 15) is 12.8 Å². The van der Waals surface area contributed by atoms with Gasteiger partial charge in [0.25, 0.3) is 0 Å². The minimum atomic E-state index is -3.28. The Labute approximate surface area is 197 Å². The number of hydrogen-bond acceptors (Lipinski definition) is 5. The van der Waals surface area contributed by atoms with Gasteiger partial charge in [0.05, 0.1) is 11.4 Å². The lowest BCUT2D eigenvalue weighted by Gasteiger charge is -2.36. The van der Waals surface area contributed by atoms with Crippen LogP contribution in [-0.4, -0.2) is 57.8 Å². The van der Waals surface area contributed by atoms with Gasteiger partial charge in [0.15, 0.2) is 0 Å². The van der Waals surface area contributed by atoms with Gasteiger partial charge in [-0.2, -0.15) is 0 Å². The molecule has 0 aliphatic carbocycles. The summed E-state index contributed by atoms with van der Waals surface area (Å²) < 4.78 is 39.8. The van der Waals surface area contributed by atoms with Crippen LogP contribution in [0.15, 0.2) is 48.5 Å². The first-order valence-electron chi connectivity index (χ1n) is 12.0. The monoisotopic (exact) mass is 474 g/mol. The van der Waals surface area contributed by atoms with Crippen LogP contribution in [0.3, 0.4) is 0 Å². The van der Waals surface area contributed by atoms with Crippen molar-refractivity contribution in [2.75, 3.05) is 48.1 Å². The number of rotatable bonds is 9. The molecule has 33 heavy (non-hydrogen) atoms. The molecule has 2 aromatic rings. The van der Waals surface area contributed by atoms with E-state index < -0.39 is 10.0 Å². The molecule has 2 saturated heterocycles. The zero-order valence-corrected chi connectivity index (χ0v) is 20.2. The van der Waals surface area contributed by atoms with Crippen LogP contribution in [0.5, 0.6) is 0 Å². The molecule has 4 rings (SSSR count). The zero-order chi connectivity index (χ0) is 23.3. The summed E-state index contributed by atoms with van der Waals surface area (Å²) in [6.45, 7) is 6.54. The molecule has 8 heteroatoms. The van der Waals surface area contributed by atoms with Gasteiger partial charge in [-0.1, -0.05) is 18.2 Å². The van der Waals surface area contributed by atoms with Crippen LogP contribution >= 0.6 is 0 Å². The number of benzene rings is 2. The molecule has 2 N–H and O–H groups in total. The Morgan fingerprint density at radius 3 is 2.39 bits per heavy atom. The Hall–Kier alpha value is -2.16. The highest BCUT2D eigenvalue weighted by atomic mass is 32.2. The molecule has 0 bridgehead atoms. The first kappa shape index (κ1) is 24.0. The molecule has 2 aromatic carbocycles. The van der Waals surface area contributed by atoms with Crippen molar-refractivity contribution >= 4 is 21.4 Å². The number of anilines is 2. The second-order valence-corrected chi connectivity index (χ2v) is 11.0. The van der Waals surface area contributed by atoms with Gasteiger partial charge >= 0.3 is 0 Å². The number of likely N-dealkylation sites (tertiary alicyclic amines) is 1. The maximum atomic E-state index is 13.4. The minimum absolute atomic E-state index is 0.0602. The number of piperidine rings is 1. The van der Waals surface area contributed by atoms with Crippen molar-refractivity contribution in [1.29, 1.82) is 0 Å². The van der Waals surface area contributed by atoms with Crippen LogP contribution in [0, 0.1) is 5.82 Å². The summed E-state index contributed by atoms with van der Waals surface area (Å²) in [5, 5.41) is 3.78. The van der Waals surface area contributed by atoms with Crippen molar-refractivity contribution in [3.05, 3.63) is 59.9 Å². The summed E-state index contributed by atoms with van der Waals surface area (Å²) in [5.41, 5.74) is 2.84. The van der Waals surface area contributed by atoms with Crippen LogP contribution in [0.4, 0.5) is 15.8 Å². The Kier molecular flexibility index (Phi) is 7.88. The molecule has 0 spiro atoms. The highest BCUT2D eigenvalue weighted by Gasteiger charge is 2.26. The molecule has 0 saturated carbocycles. The Morgan fingerprint density at radius 2 is 1.73 bits per heavy atom. The summed E-state index contributed by atoms with van der Waals surface area (Å²) in [6, 6.07) is 15.3. The molecule has 0 radical (unpaired) electrons. The molecule has 1 atom stereocenters. The van der Waals surface area contributed by atoms with Gasteiger partial charge in [0.2, 0.25) is 10.0 Å². The number of sulfonamides is 1. The van der Waals surface area contributed by atoms with E-state index in [0.29, 0.717) is 11.7 Å². The van der Waals surface area contributed by atoms with E-state index in [-0.39, 0.29) is 17.6 Å². The summed E-state index contributed by atoms with van der Waals surface area (Å²) in [4.78, 5) is 4.83. The van der Waals surface area contributed by atoms with Crippen LogP contribution < -0.4 is 14.9 Å². The third-order valence-corrected chi connectivity index (χ3v) is 8.10. The third kappa shape index (κ3) is 6.46. The van der Waals surface area contributed by atoms with E-state index in [1.807, 2.05) is 30.3 Å². The maximum Gasteiger partial charge on any atom is 0.232 e. The molecule has 6 nitrogen and oxygen atoms in total. The summed E-state index contributed by atoms with van der Waals surface area (Å²) in [5.74, 6) is -0.129. The van der Waals surface area contributed by atoms with Crippen molar-refractivity contribution in [3.8, 4) is 0 Å². The van der Waals surface area contributed by atoms with Gasteiger partial charge in [0.1, 0.15) is 5.82 Å².